The molecule has 104 valence electrons. The van der Waals surface area contributed by atoms with E-state index in [1.165, 1.54) is 16.4 Å². The molecule has 1 unspecified atom stereocenters. The normalized spacial score (nSPS) is 13.2. The second-order valence-corrected chi connectivity index (χ2v) is 7.43. The second-order valence-electron chi connectivity index (χ2n) is 5.02. The van der Waals surface area contributed by atoms with Crippen molar-refractivity contribution in [1.29, 1.82) is 0 Å². The number of hydrogen-bond acceptors (Lipinski definition) is 0. The van der Waals surface area contributed by atoms with E-state index in [1.54, 1.807) is 4.47 Å². The molecule has 2 aromatic carbocycles. The minimum absolute atomic E-state index is 0.450. The molecule has 0 aromatic heterocycles. The van der Waals surface area contributed by atoms with E-state index in [-0.39, 0.29) is 0 Å². The second kappa shape index (κ2) is 8.09. The van der Waals surface area contributed by atoms with Gasteiger partial charge in [0.1, 0.15) is 0 Å². The van der Waals surface area contributed by atoms with Crippen molar-refractivity contribution < 1.29 is 0 Å². The molecule has 2 aromatic rings. The van der Waals surface area contributed by atoms with Crippen LogP contribution in [0.1, 0.15) is 25.8 Å². The van der Waals surface area contributed by atoms with Gasteiger partial charge >= 0.3 is 129 Å². The van der Waals surface area contributed by atoms with Crippen LogP contribution in [0.3, 0.4) is 0 Å². The van der Waals surface area contributed by atoms with Crippen LogP contribution in [0.15, 0.2) is 71.2 Å². The summed E-state index contributed by atoms with van der Waals surface area (Å²) in [5, 5.41) is 0. The Bertz CT molecular complexity index is 528. The van der Waals surface area contributed by atoms with Gasteiger partial charge in [-0.2, -0.15) is 0 Å². The van der Waals surface area contributed by atoms with Crippen LogP contribution in [0.2, 0.25) is 0 Å². The zero-order chi connectivity index (χ0) is 14.2. The van der Waals surface area contributed by atoms with Crippen LogP contribution in [-0.2, 0) is 6.42 Å². The fourth-order valence-electron chi connectivity index (χ4n) is 2.00. The first-order valence-corrected chi connectivity index (χ1v) is 8.97. The summed E-state index contributed by atoms with van der Waals surface area (Å²) in [7, 11) is 0. The van der Waals surface area contributed by atoms with E-state index in [2.05, 4.69) is 80.6 Å². The van der Waals surface area contributed by atoms with Gasteiger partial charge in [-0.1, -0.05) is 0 Å². The first-order valence-electron chi connectivity index (χ1n) is 7.26. The van der Waals surface area contributed by atoms with Crippen molar-refractivity contribution in [3.8, 4) is 0 Å². The number of benzene rings is 2. The Labute approximate surface area is 129 Å². The molecular formula is C19H22Se. The summed E-state index contributed by atoms with van der Waals surface area (Å²) in [4.78, 5) is 0. The maximum absolute atomic E-state index is 2.45. The van der Waals surface area contributed by atoms with Crippen LogP contribution >= 0.6 is 0 Å². The summed E-state index contributed by atoms with van der Waals surface area (Å²) in [5.74, 6) is 0.680. The third-order valence-corrected chi connectivity index (χ3v) is 6.21. The van der Waals surface area contributed by atoms with E-state index in [9.17, 15) is 0 Å². The average Bonchev–Trinajstić information content (AvgIpc) is 2.52. The number of hydrogen-bond donors (Lipinski definition) is 0. The van der Waals surface area contributed by atoms with Gasteiger partial charge in [-0.3, -0.25) is 0 Å². The van der Waals surface area contributed by atoms with E-state index >= 15 is 0 Å². The molecule has 0 aliphatic heterocycles. The van der Waals surface area contributed by atoms with Crippen LogP contribution in [0.5, 0.6) is 0 Å². The fourth-order valence-corrected chi connectivity index (χ4v) is 4.31. The van der Waals surface area contributed by atoms with Gasteiger partial charge in [0, 0.05) is 0 Å². The summed E-state index contributed by atoms with van der Waals surface area (Å²) in [6, 6.07) is 21.6. The van der Waals surface area contributed by atoms with Crippen LogP contribution < -0.4 is 4.46 Å². The van der Waals surface area contributed by atoms with Gasteiger partial charge in [0.15, 0.2) is 0 Å². The SMILES string of the molecule is CCC(C)/C(=C/Cc1ccccc1)[Se]c1ccccc1. The Kier molecular flexibility index (Phi) is 6.11. The summed E-state index contributed by atoms with van der Waals surface area (Å²) < 4.78 is 3.09. The molecule has 0 saturated heterocycles. The summed E-state index contributed by atoms with van der Waals surface area (Å²) in [6.45, 7) is 4.63. The van der Waals surface area contributed by atoms with E-state index in [0.717, 1.165) is 6.42 Å². The summed E-state index contributed by atoms with van der Waals surface area (Å²) in [6.07, 6.45) is 4.72. The molecule has 0 N–H and O–H groups in total. The van der Waals surface area contributed by atoms with E-state index in [1.807, 2.05) is 0 Å². The molecule has 0 bridgehead atoms. The molecule has 0 amide bonds. The Balaban J connectivity index is 2.11. The molecule has 1 heteroatoms. The molecule has 2 rings (SSSR count). The van der Waals surface area contributed by atoms with Crippen molar-refractivity contribution in [2.24, 2.45) is 5.92 Å². The molecule has 0 radical (unpaired) electrons. The topological polar surface area (TPSA) is 0 Å². The van der Waals surface area contributed by atoms with Gasteiger partial charge in [-0.25, -0.2) is 0 Å². The molecule has 0 nitrogen and oxygen atoms in total. The molecule has 0 heterocycles. The van der Waals surface area contributed by atoms with E-state index in [4.69, 9.17) is 0 Å². The molecule has 0 aliphatic rings. The standard InChI is InChI=1S/C19H22Se/c1-3-16(2)19(20-18-12-8-5-9-13-18)15-14-17-10-6-4-7-11-17/h4-13,15-16H,3,14H2,1-2H3/b19-15-. The van der Waals surface area contributed by atoms with Crippen molar-refractivity contribution in [3.05, 3.63) is 76.8 Å². The predicted octanol–water partition coefficient (Wildman–Crippen LogP) is 4.19. The van der Waals surface area contributed by atoms with Crippen LogP contribution in [0.4, 0.5) is 0 Å². The minimum atomic E-state index is 0.450. The Morgan fingerprint density at radius 2 is 1.60 bits per heavy atom. The van der Waals surface area contributed by atoms with Gasteiger partial charge in [0.05, 0.1) is 0 Å². The Morgan fingerprint density at radius 3 is 2.20 bits per heavy atom. The summed E-state index contributed by atoms with van der Waals surface area (Å²) in [5.41, 5.74) is 1.40. The molecule has 1 atom stereocenters. The Morgan fingerprint density at radius 1 is 1.00 bits per heavy atom. The van der Waals surface area contributed by atoms with Crippen molar-refractivity contribution >= 4 is 19.4 Å². The van der Waals surface area contributed by atoms with Gasteiger partial charge < -0.3 is 0 Å². The first kappa shape index (κ1) is 15.1. The quantitative estimate of drug-likeness (QED) is 0.697. The van der Waals surface area contributed by atoms with Gasteiger partial charge in [0.25, 0.3) is 0 Å². The predicted molar refractivity (Wildman–Crippen MR) is 89.5 cm³/mol. The van der Waals surface area contributed by atoms with Crippen LogP contribution in [-0.4, -0.2) is 15.0 Å². The number of allylic oxidation sites excluding steroid dienone is 2. The third-order valence-electron chi connectivity index (χ3n) is 3.46. The molecule has 0 aliphatic carbocycles. The molecule has 0 fully saturated rings. The van der Waals surface area contributed by atoms with Gasteiger partial charge in [-0.05, 0) is 0 Å². The monoisotopic (exact) mass is 330 g/mol. The molecule has 0 saturated carbocycles. The third kappa shape index (κ3) is 4.67. The van der Waals surface area contributed by atoms with Crippen LogP contribution in [0, 0.1) is 5.92 Å². The van der Waals surface area contributed by atoms with Crippen molar-refractivity contribution in [2.45, 2.75) is 26.7 Å². The fraction of sp³-hybridized carbons (Fsp3) is 0.263. The van der Waals surface area contributed by atoms with Crippen molar-refractivity contribution in [2.75, 3.05) is 0 Å². The molecule has 20 heavy (non-hydrogen) atoms. The van der Waals surface area contributed by atoms with Crippen molar-refractivity contribution in [3.63, 3.8) is 0 Å². The van der Waals surface area contributed by atoms with E-state index < -0.39 is 0 Å². The molecular weight excluding hydrogens is 307 g/mol. The van der Waals surface area contributed by atoms with Crippen LogP contribution in [0.25, 0.3) is 0 Å². The zero-order valence-electron chi connectivity index (χ0n) is 12.3. The molecule has 0 spiro atoms. The zero-order valence-corrected chi connectivity index (χ0v) is 14.0. The van der Waals surface area contributed by atoms with E-state index in [0.29, 0.717) is 20.9 Å². The first-order chi connectivity index (χ1) is 9.79. The average molecular weight is 329 g/mol. The van der Waals surface area contributed by atoms with Gasteiger partial charge in [-0.15, -0.1) is 0 Å². The Hall–Kier alpha value is -1.30. The number of rotatable bonds is 6. The van der Waals surface area contributed by atoms with Gasteiger partial charge in [0.2, 0.25) is 0 Å². The maximum atomic E-state index is 2.45. The van der Waals surface area contributed by atoms with Crippen molar-refractivity contribution in [1.82, 2.24) is 0 Å². The summed E-state index contributed by atoms with van der Waals surface area (Å²) >= 11 is 0.450.